The number of piperidine rings is 1. The summed E-state index contributed by atoms with van der Waals surface area (Å²) in [6, 6.07) is 13.2. The van der Waals surface area contributed by atoms with Gasteiger partial charge in [0.1, 0.15) is 12.7 Å². The number of aromatic nitrogens is 3. The molecule has 0 aliphatic carbocycles. The predicted molar refractivity (Wildman–Crippen MR) is 156 cm³/mol. The van der Waals surface area contributed by atoms with Crippen molar-refractivity contribution in [3.05, 3.63) is 60.0 Å². The molecule has 2 aromatic carbocycles. The Morgan fingerprint density at radius 3 is 2.66 bits per heavy atom. The summed E-state index contributed by atoms with van der Waals surface area (Å²) in [6.45, 7) is 2.27. The summed E-state index contributed by atoms with van der Waals surface area (Å²) in [5, 5.41) is 10.4. The molecule has 2 atom stereocenters. The van der Waals surface area contributed by atoms with Crippen LogP contribution in [-0.2, 0) is 17.8 Å². The molecule has 234 valence electrons. The van der Waals surface area contributed by atoms with Crippen molar-refractivity contribution in [2.24, 2.45) is 0 Å². The molecule has 0 bridgehead atoms. The maximum Gasteiger partial charge on any atom is 0.406 e. The summed E-state index contributed by atoms with van der Waals surface area (Å²) >= 11 is 0. The summed E-state index contributed by atoms with van der Waals surface area (Å²) < 4.78 is 67.7. The van der Waals surface area contributed by atoms with E-state index in [-0.39, 0.29) is 36.4 Å². The van der Waals surface area contributed by atoms with E-state index in [9.17, 15) is 22.4 Å². The molecule has 2 saturated heterocycles. The average Bonchev–Trinajstić information content (AvgIpc) is 3.62. The highest BCUT2D eigenvalue weighted by molar-refractivity contribution is 5.96. The number of anilines is 2. The molecule has 14 heteroatoms. The molecule has 10 nitrogen and oxygen atoms in total. The van der Waals surface area contributed by atoms with Crippen molar-refractivity contribution in [1.82, 2.24) is 24.9 Å². The zero-order chi connectivity index (χ0) is 30.8. The minimum atomic E-state index is -4.53. The lowest BCUT2D eigenvalue weighted by Crippen LogP contribution is -2.46. The van der Waals surface area contributed by atoms with Crippen LogP contribution < -0.4 is 15.5 Å². The van der Waals surface area contributed by atoms with E-state index in [1.807, 2.05) is 18.0 Å². The first kappa shape index (κ1) is 29.9. The van der Waals surface area contributed by atoms with Crippen molar-refractivity contribution in [2.75, 3.05) is 56.7 Å². The standard InChI is InChI=1S/C30H33F4N7O3/c1-39-9-8-24(22(31)17-39)36-23-6-3-7-25-21(23)15-26(41(25)18-30(32,33)34)28-37-27(44-38-28)16-35-29(42)19-4-2-5-20(14-19)40-10-12-43-13-11-40/h2-7,14-15,22,24,36H,8-13,16-18H2,1H3,(H,35,42)/t22-,24+/m0/s1. The predicted octanol–water partition coefficient (Wildman–Crippen LogP) is 4.47. The van der Waals surface area contributed by atoms with Gasteiger partial charge in [-0.3, -0.25) is 4.79 Å². The second-order valence-electron chi connectivity index (χ2n) is 11.1. The highest BCUT2D eigenvalue weighted by atomic mass is 19.4. The number of amides is 1. The molecule has 6 rings (SSSR count). The zero-order valence-electron chi connectivity index (χ0n) is 24.1. The van der Waals surface area contributed by atoms with Crippen molar-refractivity contribution in [2.45, 2.75) is 37.9 Å². The lowest BCUT2D eigenvalue weighted by atomic mass is 10.0. The van der Waals surface area contributed by atoms with Gasteiger partial charge in [-0.2, -0.15) is 18.2 Å². The Morgan fingerprint density at radius 2 is 1.89 bits per heavy atom. The van der Waals surface area contributed by atoms with Crippen LogP contribution >= 0.6 is 0 Å². The number of rotatable bonds is 8. The maximum absolute atomic E-state index is 14.8. The highest BCUT2D eigenvalue weighted by Gasteiger charge is 2.32. The van der Waals surface area contributed by atoms with E-state index in [4.69, 9.17) is 9.26 Å². The zero-order valence-corrected chi connectivity index (χ0v) is 24.1. The topological polar surface area (TPSA) is 101 Å². The Balaban J connectivity index is 1.22. The SMILES string of the molecule is CN1CC[C@@H](Nc2cccc3c2cc(-c2noc(CNC(=O)c4cccc(N5CCOCC5)c4)n2)n3CC(F)(F)F)[C@@H](F)C1. The fraction of sp³-hybridized carbons (Fsp3) is 0.433. The third-order valence-corrected chi connectivity index (χ3v) is 7.95. The monoisotopic (exact) mass is 615 g/mol. The first-order valence-corrected chi connectivity index (χ1v) is 14.5. The number of nitrogens with zero attached hydrogens (tertiary/aromatic N) is 5. The normalized spacial score (nSPS) is 19.8. The van der Waals surface area contributed by atoms with Gasteiger partial charge in [-0.15, -0.1) is 0 Å². The molecule has 4 heterocycles. The first-order chi connectivity index (χ1) is 21.1. The Hall–Kier alpha value is -4.17. The van der Waals surface area contributed by atoms with Crippen molar-refractivity contribution in [3.8, 4) is 11.5 Å². The number of hydrogen-bond acceptors (Lipinski definition) is 8. The van der Waals surface area contributed by atoms with Gasteiger partial charge < -0.3 is 34.3 Å². The van der Waals surface area contributed by atoms with Crippen LogP contribution in [0.4, 0.5) is 28.9 Å². The van der Waals surface area contributed by atoms with Crippen molar-refractivity contribution in [3.63, 3.8) is 0 Å². The number of alkyl halides is 4. The molecule has 4 aromatic rings. The highest BCUT2D eigenvalue weighted by Crippen LogP contribution is 2.35. The largest absolute Gasteiger partial charge is 0.406 e. The maximum atomic E-state index is 14.8. The van der Waals surface area contributed by atoms with Gasteiger partial charge in [0.2, 0.25) is 11.7 Å². The molecule has 2 aromatic heterocycles. The fourth-order valence-corrected chi connectivity index (χ4v) is 5.72. The second-order valence-corrected chi connectivity index (χ2v) is 11.1. The fourth-order valence-electron chi connectivity index (χ4n) is 5.72. The van der Waals surface area contributed by atoms with Crippen LogP contribution in [0.2, 0.25) is 0 Å². The molecule has 1 amide bonds. The Labute approximate surface area is 250 Å². The number of morpholine rings is 1. The van der Waals surface area contributed by atoms with E-state index in [1.165, 1.54) is 0 Å². The van der Waals surface area contributed by atoms with E-state index in [1.54, 1.807) is 42.5 Å². The molecule has 2 N–H and O–H groups in total. The van der Waals surface area contributed by atoms with Gasteiger partial charge >= 0.3 is 6.18 Å². The van der Waals surface area contributed by atoms with Gasteiger partial charge in [0.25, 0.3) is 5.91 Å². The summed E-state index contributed by atoms with van der Waals surface area (Å²) in [7, 11) is 1.85. The second kappa shape index (κ2) is 12.4. The van der Waals surface area contributed by atoms with E-state index in [2.05, 4.69) is 25.7 Å². The summed E-state index contributed by atoms with van der Waals surface area (Å²) in [4.78, 5) is 21.2. The van der Waals surface area contributed by atoms with Crippen molar-refractivity contribution >= 4 is 28.2 Å². The van der Waals surface area contributed by atoms with E-state index in [0.29, 0.717) is 48.3 Å². The average molecular weight is 616 g/mol. The lowest BCUT2D eigenvalue weighted by Gasteiger charge is -2.33. The quantitative estimate of drug-likeness (QED) is 0.280. The molecule has 2 aliphatic heterocycles. The van der Waals surface area contributed by atoms with Crippen LogP contribution in [0.15, 0.2) is 53.1 Å². The smallest absolute Gasteiger partial charge is 0.379 e. The minimum absolute atomic E-state index is 0.0337. The van der Waals surface area contributed by atoms with Crippen LogP contribution in [0.3, 0.4) is 0 Å². The van der Waals surface area contributed by atoms with Crippen molar-refractivity contribution in [1.29, 1.82) is 0 Å². The van der Waals surface area contributed by atoms with Gasteiger partial charge in [-0.1, -0.05) is 17.3 Å². The molecule has 0 radical (unpaired) electrons. The van der Waals surface area contributed by atoms with Crippen LogP contribution in [0.25, 0.3) is 22.4 Å². The van der Waals surface area contributed by atoms with Crippen LogP contribution in [0.5, 0.6) is 0 Å². The first-order valence-electron chi connectivity index (χ1n) is 14.5. The summed E-state index contributed by atoms with van der Waals surface area (Å²) in [5.41, 5.74) is 2.26. The number of carbonyl (C=O) groups is 1. The van der Waals surface area contributed by atoms with Crippen LogP contribution in [0, 0.1) is 0 Å². The van der Waals surface area contributed by atoms with Crippen LogP contribution in [0.1, 0.15) is 22.7 Å². The molecule has 2 fully saturated rings. The minimum Gasteiger partial charge on any atom is -0.379 e. The number of hydrogen-bond donors (Lipinski definition) is 2. The van der Waals surface area contributed by atoms with Gasteiger partial charge in [0.05, 0.1) is 37.0 Å². The molecule has 2 aliphatic rings. The van der Waals surface area contributed by atoms with E-state index < -0.39 is 24.9 Å². The van der Waals surface area contributed by atoms with Gasteiger partial charge in [-0.25, -0.2) is 4.39 Å². The van der Waals surface area contributed by atoms with E-state index >= 15 is 0 Å². The number of halogens is 4. The molecular weight excluding hydrogens is 582 g/mol. The molecule has 0 unspecified atom stereocenters. The molecule has 44 heavy (non-hydrogen) atoms. The Kier molecular flexibility index (Phi) is 8.45. The number of likely N-dealkylation sites (tertiary alicyclic amines) is 1. The van der Waals surface area contributed by atoms with Gasteiger partial charge in [-0.05, 0) is 49.9 Å². The number of benzene rings is 2. The summed E-state index contributed by atoms with van der Waals surface area (Å²) in [6.07, 6.45) is -5.10. The van der Waals surface area contributed by atoms with Crippen molar-refractivity contribution < 1.29 is 31.6 Å². The van der Waals surface area contributed by atoms with Gasteiger partial charge in [0.15, 0.2) is 0 Å². The number of fused-ring (bicyclic) bond motifs is 1. The van der Waals surface area contributed by atoms with Gasteiger partial charge in [0, 0.05) is 48.5 Å². The third kappa shape index (κ3) is 6.65. The third-order valence-electron chi connectivity index (χ3n) is 7.95. The number of carbonyl (C=O) groups excluding carboxylic acids is 1. The molecule has 0 spiro atoms. The Bertz CT molecular complexity index is 1620. The van der Waals surface area contributed by atoms with Crippen LogP contribution in [-0.4, -0.2) is 90.3 Å². The molecular formula is C30H33F4N7O3. The Morgan fingerprint density at radius 1 is 1.09 bits per heavy atom. The number of ether oxygens (including phenoxy) is 1. The van der Waals surface area contributed by atoms with E-state index in [0.717, 1.165) is 23.3 Å². The molecule has 0 saturated carbocycles. The lowest BCUT2D eigenvalue weighted by molar-refractivity contribution is -0.139. The summed E-state index contributed by atoms with van der Waals surface area (Å²) in [5.74, 6) is -0.383. The number of nitrogens with one attached hydrogen (secondary N) is 2.